The molecule has 0 saturated carbocycles. The maximum atomic E-state index is 6.31. The molecule has 0 saturated heterocycles. The Balaban J connectivity index is 0.000000183. The Morgan fingerprint density at radius 3 is 2.00 bits per heavy atom. The Labute approximate surface area is 228 Å². The van der Waals surface area contributed by atoms with E-state index in [0.29, 0.717) is 0 Å². The minimum Gasteiger partial charge on any atom is -0.500 e. The topological polar surface area (TPSA) is 51.8 Å². The van der Waals surface area contributed by atoms with Gasteiger partial charge in [-0.15, -0.1) is 54.1 Å². The van der Waals surface area contributed by atoms with Crippen molar-refractivity contribution < 1.29 is 24.5 Å². The maximum Gasteiger partial charge on any atom is 0.128 e. The minimum absolute atomic E-state index is 0. The van der Waals surface area contributed by atoms with E-state index in [9.17, 15) is 0 Å². The Bertz CT molecular complexity index is 1750. The Morgan fingerprint density at radius 1 is 0.568 bits per heavy atom. The van der Waals surface area contributed by atoms with Gasteiger partial charge in [0, 0.05) is 60.5 Å². The molecule has 0 bridgehead atoms. The van der Waals surface area contributed by atoms with Crippen LogP contribution in [-0.2, 0) is 20.1 Å². The summed E-state index contributed by atoms with van der Waals surface area (Å²) in [6, 6.07) is 36.2. The van der Waals surface area contributed by atoms with Crippen LogP contribution in [0, 0.1) is 19.1 Å². The van der Waals surface area contributed by atoms with Gasteiger partial charge in [-0.2, -0.15) is 0 Å². The van der Waals surface area contributed by atoms with E-state index >= 15 is 0 Å². The van der Waals surface area contributed by atoms with Crippen molar-refractivity contribution in [2.24, 2.45) is 0 Å². The van der Waals surface area contributed by atoms with E-state index in [1.165, 1.54) is 0 Å². The number of aryl methyl sites for hydroxylation is 1. The van der Waals surface area contributed by atoms with Crippen molar-refractivity contribution in [3.63, 3.8) is 0 Å². The monoisotopic (exact) mass is 656 g/mol. The number of nitrogens with zero attached hydrogens (tertiary/aromatic N) is 3. The van der Waals surface area contributed by atoms with E-state index < -0.39 is 0 Å². The second kappa shape index (κ2) is 10.8. The van der Waals surface area contributed by atoms with Gasteiger partial charge in [0.1, 0.15) is 5.58 Å². The molecule has 4 aromatic heterocycles. The molecule has 0 aliphatic carbocycles. The molecule has 3 aromatic carbocycles. The predicted molar refractivity (Wildman–Crippen MR) is 144 cm³/mol. The number of aromatic nitrogens is 3. The van der Waals surface area contributed by atoms with Crippen LogP contribution in [0.3, 0.4) is 0 Å². The maximum absolute atomic E-state index is 6.31. The number of hydrogen-bond donors (Lipinski definition) is 0. The molecule has 0 aliphatic rings. The molecule has 0 atom stereocenters. The van der Waals surface area contributed by atoms with E-state index in [1.54, 1.807) is 12.4 Å². The van der Waals surface area contributed by atoms with Crippen LogP contribution in [0.2, 0.25) is 0 Å². The van der Waals surface area contributed by atoms with Crippen molar-refractivity contribution in [2.75, 3.05) is 0 Å². The number of furan rings is 1. The largest absolute Gasteiger partial charge is 0.500 e. The van der Waals surface area contributed by atoms with Crippen LogP contribution in [-0.4, -0.2) is 15.0 Å². The fourth-order valence-corrected chi connectivity index (χ4v) is 4.38. The number of benzene rings is 3. The minimum atomic E-state index is 0. The van der Waals surface area contributed by atoms with E-state index in [0.717, 1.165) is 60.9 Å². The van der Waals surface area contributed by atoms with Crippen molar-refractivity contribution in [1.29, 1.82) is 0 Å². The molecule has 4 heterocycles. The molecule has 0 fully saturated rings. The van der Waals surface area contributed by atoms with Crippen LogP contribution in [0.25, 0.3) is 55.2 Å². The first-order valence-electron chi connectivity index (χ1n) is 11.7. The summed E-state index contributed by atoms with van der Waals surface area (Å²) >= 11 is 0. The summed E-state index contributed by atoms with van der Waals surface area (Å²) in [4.78, 5) is 13.0. The molecule has 0 N–H and O–H groups in total. The number of hydrogen-bond acceptors (Lipinski definition) is 4. The molecule has 7 aromatic rings. The predicted octanol–water partition coefficient (Wildman–Crippen LogP) is 7.85. The molecular formula is C32H21IrN3O-2. The summed E-state index contributed by atoms with van der Waals surface area (Å²) in [5.74, 6) is 0. The summed E-state index contributed by atoms with van der Waals surface area (Å²) in [7, 11) is 0. The third-order valence-electron chi connectivity index (χ3n) is 6.11. The summed E-state index contributed by atoms with van der Waals surface area (Å²) in [5.41, 5.74) is 6.49. The van der Waals surface area contributed by atoms with E-state index in [4.69, 9.17) is 4.42 Å². The zero-order chi connectivity index (χ0) is 24.3. The van der Waals surface area contributed by atoms with Gasteiger partial charge in [0.05, 0.1) is 5.58 Å². The van der Waals surface area contributed by atoms with Gasteiger partial charge in [0.15, 0.2) is 0 Å². The van der Waals surface area contributed by atoms with Gasteiger partial charge in [0.25, 0.3) is 0 Å². The third-order valence-corrected chi connectivity index (χ3v) is 6.11. The molecule has 4 nitrogen and oxygen atoms in total. The quantitative estimate of drug-likeness (QED) is 0.178. The SMILES string of the molecule is Cc1nccc2c1ccc1c3cc[c-]c(-c4ccccn4)c3oc21.[Ir].[c-]1ccccc1-c1ccccn1. The van der Waals surface area contributed by atoms with Gasteiger partial charge in [-0.1, -0.05) is 47.3 Å². The van der Waals surface area contributed by atoms with Gasteiger partial charge in [-0.05, 0) is 36.5 Å². The molecule has 0 aliphatic heterocycles. The average Bonchev–Trinajstić information content (AvgIpc) is 3.35. The van der Waals surface area contributed by atoms with Crippen LogP contribution in [0.5, 0.6) is 0 Å². The molecule has 181 valence electrons. The second-order valence-electron chi connectivity index (χ2n) is 8.34. The zero-order valence-electron chi connectivity index (χ0n) is 20.0. The summed E-state index contributed by atoms with van der Waals surface area (Å²) < 4.78 is 6.31. The van der Waals surface area contributed by atoms with Crippen LogP contribution in [0.4, 0.5) is 0 Å². The summed E-state index contributed by atoms with van der Waals surface area (Å²) in [6.45, 7) is 2.02. The molecule has 1 radical (unpaired) electrons. The van der Waals surface area contributed by atoms with Crippen molar-refractivity contribution in [1.82, 2.24) is 15.0 Å². The molecule has 37 heavy (non-hydrogen) atoms. The van der Waals surface area contributed by atoms with Gasteiger partial charge in [-0.25, -0.2) is 0 Å². The molecule has 5 heteroatoms. The van der Waals surface area contributed by atoms with Gasteiger partial charge >= 0.3 is 0 Å². The fraction of sp³-hybridized carbons (Fsp3) is 0.0312. The Kier molecular flexibility index (Phi) is 7.18. The van der Waals surface area contributed by atoms with Gasteiger partial charge < -0.3 is 14.4 Å². The average molecular weight is 656 g/mol. The standard InChI is InChI=1S/C21H13N2O.C11H8N.Ir/c1-13-14-8-9-16-15-5-4-6-18(19-7-2-3-11-23-19)21(15)24-20(16)17(14)10-12-22-13;1-2-6-10(7-3-1)11-8-4-5-9-12-11;/h2-5,7-12H,1H3;1-6,8-9H;/q2*-1;. The fourth-order valence-electron chi connectivity index (χ4n) is 4.38. The van der Waals surface area contributed by atoms with Crippen molar-refractivity contribution >= 4 is 32.7 Å². The van der Waals surface area contributed by atoms with Crippen LogP contribution >= 0.6 is 0 Å². The molecule has 7 rings (SSSR count). The number of pyridine rings is 3. The van der Waals surface area contributed by atoms with E-state index in [1.807, 2.05) is 92.0 Å². The zero-order valence-corrected chi connectivity index (χ0v) is 22.4. The van der Waals surface area contributed by atoms with Crippen molar-refractivity contribution in [3.05, 3.63) is 127 Å². The van der Waals surface area contributed by atoms with Gasteiger partial charge in [0.2, 0.25) is 0 Å². The van der Waals surface area contributed by atoms with E-state index in [2.05, 4.69) is 39.2 Å². The normalized spacial score (nSPS) is 10.6. The first kappa shape index (κ1) is 24.5. The van der Waals surface area contributed by atoms with Crippen LogP contribution in [0.1, 0.15) is 5.69 Å². The molecule has 0 unspecified atom stereocenters. The van der Waals surface area contributed by atoms with Crippen molar-refractivity contribution in [3.8, 4) is 22.5 Å². The smallest absolute Gasteiger partial charge is 0.128 e. The van der Waals surface area contributed by atoms with Gasteiger partial charge in [-0.3, -0.25) is 4.98 Å². The first-order chi connectivity index (χ1) is 17.8. The van der Waals surface area contributed by atoms with Crippen LogP contribution in [0.15, 0.2) is 114 Å². The third kappa shape index (κ3) is 4.79. The Hall–Kier alpha value is -4.18. The van der Waals surface area contributed by atoms with Crippen LogP contribution < -0.4 is 0 Å². The second-order valence-corrected chi connectivity index (χ2v) is 8.34. The van der Waals surface area contributed by atoms with E-state index in [-0.39, 0.29) is 20.1 Å². The first-order valence-corrected chi connectivity index (χ1v) is 11.7. The summed E-state index contributed by atoms with van der Waals surface area (Å²) in [5, 5.41) is 4.39. The number of fused-ring (bicyclic) bond motifs is 5. The molecular weight excluding hydrogens is 635 g/mol. The Morgan fingerprint density at radius 2 is 1.27 bits per heavy atom. The molecule has 0 spiro atoms. The molecule has 0 amide bonds. The number of rotatable bonds is 2. The van der Waals surface area contributed by atoms with Crippen molar-refractivity contribution in [2.45, 2.75) is 6.92 Å². The summed E-state index contributed by atoms with van der Waals surface area (Å²) in [6.07, 6.45) is 5.40.